The van der Waals surface area contributed by atoms with Crippen LogP contribution in [-0.2, 0) is 4.74 Å². The van der Waals surface area contributed by atoms with Gasteiger partial charge in [-0.3, -0.25) is 0 Å². The van der Waals surface area contributed by atoms with Crippen LogP contribution in [0, 0.1) is 17.3 Å². The Hall–Kier alpha value is -0.0400. The predicted octanol–water partition coefficient (Wildman–Crippen LogP) is 4.16. The lowest BCUT2D eigenvalue weighted by Gasteiger charge is -2.63. The van der Waals surface area contributed by atoms with Crippen LogP contribution in [0.2, 0.25) is 0 Å². The van der Waals surface area contributed by atoms with Gasteiger partial charge in [0.15, 0.2) is 0 Å². The molecule has 0 radical (unpaired) electrons. The molecule has 16 heavy (non-hydrogen) atoms. The molecule has 1 heteroatoms. The molecule has 0 unspecified atom stereocenters. The average Bonchev–Trinajstić information content (AvgIpc) is 2.14. The van der Waals surface area contributed by atoms with Crippen LogP contribution in [-0.4, -0.2) is 11.2 Å². The molecule has 4 atom stereocenters. The summed E-state index contributed by atoms with van der Waals surface area (Å²) in [4.78, 5) is 0. The molecule has 0 amide bonds. The van der Waals surface area contributed by atoms with Crippen LogP contribution >= 0.6 is 0 Å². The average molecular weight is 222 g/mol. The van der Waals surface area contributed by atoms with Crippen LogP contribution in [0.15, 0.2) is 0 Å². The van der Waals surface area contributed by atoms with Gasteiger partial charge in [-0.2, -0.15) is 0 Å². The Kier molecular flexibility index (Phi) is 2.11. The fourth-order valence-electron chi connectivity index (χ4n) is 5.11. The first-order chi connectivity index (χ1) is 7.36. The van der Waals surface area contributed by atoms with Gasteiger partial charge in [0.1, 0.15) is 0 Å². The van der Waals surface area contributed by atoms with Crippen LogP contribution in [0.1, 0.15) is 66.2 Å². The summed E-state index contributed by atoms with van der Waals surface area (Å²) in [5.41, 5.74) is 0.872. The molecule has 1 heterocycles. The van der Waals surface area contributed by atoms with Crippen LogP contribution in [0.3, 0.4) is 0 Å². The molecule has 0 aromatic heterocycles. The first-order valence-electron chi connectivity index (χ1n) is 7.06. The second-order valence-electron chi connectivity index (χ2n) is 7.55. The molecule has 0 N–H and O–H groups in total. The molecule has 2 bridgehead atoms. The zero-order valence-electron chi connectivity index (χ0n) is 11.3. The minimum absolute atomic E-state index is 0.115. The smallest absolute Gasteiger partial charge is 0.0695 e. The summed E-state index contributed by atoms with van der Waals surface area (Å²) in [5, 5.41) is 0. The Labute approximate surface area is 99.9 Å². The molecule has 3 fully saturated rings. The standard InChI is InChI=1S/C15H26O/c1-13(2)11-6-9-14(3)7-5-8-15(4,16-13)12(14)10-11/h11-12H,5-10H2,1-4H3/t11-,12-,14-,15-/m1/s1. The van der Waals surface area contributed by atoms with Crippen molar-refractivity contribution in [1.29, 1.82) is 0 Å². The van der Waals surface area contributed by atoms with Crippen molar-refractivity contribution < 1.29 is 4.74 Å². The third-order valence-corrected chi connectivity index (χ3v) is 6.06. The van der Waals surface area contributed by atoms with Crippen molar-refractivity contribution in [2.45, 2.75) is 77.4 Å². The van der Waals surface area contributed by atoms with Crippen molar-refractivity contribution >= 4 is 0 Å². The summed E-state index contributed by atoms with van der Waals surface area (Å²) in [5.74, 6) is 1.62. The van der Waals surface area contributed by atoms with E-state index in [9.17, 15) is 0 Å². The first-order valence-corrected chi connectivity index (χ1v) is 7.06. The largest absolute Gasteiger partial charge is 0.369 e. The van der Waals surface area contributed by atoms with Crippen molar-refractivity contribution in [2.75, 3.05) is 0 Å². The van der Waals surface area contributed by atoms with Crippen LogP contribution in [0.25, 0.3) is 0 Å². The monoisotopic (exact) mass is 222 g/mol. The van der Waals surface area contributed by atoms with Gasteiger partial charge < -0.3 is 4.74 Å². The third kappa shape index (κ3) is 1.33. The van der Waals surface area contributed by atoms with E-state index in [2.05, 4.69) is 27.7 Å². The maximum atomic E-state index is 6.56. The number of ether oxygens (including phenoxy) is 1. The zero-order valence-corrected chi connectivity index (χ0v) is 11.3. The summed E-state index contributed by atoms with van der Waals surface area (Å²) in [6, 6.07) is 0. The minimum Gasteiger partial charge on any atom is -0.369 e. The van der Waals surface area contributed by atoms with Gasteiger partial charge >= 0.3 is 0 Å². The molecular weight excluding hydrogens is 196 g/mol. The molecule has 0 aromatic carbocycles. The van der Waals surface area contributed by atoms with E-state index in [1.807, 2.05) is 0 Å². The van der Waals surface area contributed by atoms with Crippen LogP contribution in [0.5, 0.6) is 0 Å². The van der Waals surface area contributed by atoms with Crippen molar-refractivity contribution in [3.63, 3.8) is 0 Å². The molecule has 1 saturated heterocycles. The van der Waals surface area contributed by atoms with Gasteiger partial charge in [-0.15, -0.1) is 0 Å². The van der Waals surface area contributed by atoms with Gasteiger partial charge in [-0.1, -0.05) is 13.3 Å². The fraction of sp³-hybridized carbons (Fsp3) is 1.00. The third-order valence-electron chi connectivity index (χ3n) is 6.06. The molecule has 2 aliphatic carbocycles. The maximum absolute atomic E-state index is 6.56. The van der Waals surface area contributed by atoms with E-state index in [1.54, 1.807) is 0 Å². The highest BCUT2D eigenvalue weighted by atomic mass is 16.5. The second kappa shape index (κ2) is 3.04. The minimum atomic E-state index is 0.115. The molecule has 3 aliphatic rings. The van der Waals surface area contributed by atoms with E-state index in [1.165, 1.54) is 38.5 Å². The lowest BCUT2D eigenvalue weighted by Crippen LogP contribution is -2.62. The number of rotatable bonds is 0. The lowest BCUT2D eigenvalue weighted by molar-refractivity contribution is -0.275. The normalized spacial score (nSPS) is 54.8. The van der Waals surface area contributed by atoms with Crippen molar-refractivity contribution in [3.05, 3.63) is 0 Å². The zero-order chi connectivity index (χ0) is 11.6. The van der Waals surface area contributed by atoms with Crippen molar-refractivity contribution in [1.82, 2.24) is 0 Å². The number of fused-ring (bicyclic) bond motifs is 1. The van der Waals surface area contributed by atoms with Crippen molar-refractivity contribution in [3.8, 4) is 0 Å². The summed E-state index contributed by atoms with van der Waals surface area (Å²) in [6.07, 6.45) is 8.32. The van der Waals surface area contributed by atoms with Gasteiger partial charge in [0.05, 0.1) is 11.2 Å². The van der Waals surface area contributed by atoms with Gasteiger partial charge in [-0.05, 0) is 70.1 Å². The SMILES string of the molecule is CC1(C)O[C@]2(C)CCC[C@]3(C)CC[C@@H]1C[C@H]32. The highest BCUT2D eigenvalue weighted by molar-refractivity contribution is 5.08. The van der Waals surface area contributed by atoms with E-state index in [0.29, 0.717) is 5.41 Å². The predicted molar refractivity (Wildman–Crippen MR) is 66.4 cm³/mol. The summed E-state index contributed by atoms with van der Waals surface area (Å²) in [7, 11) is 0. The Bertz CT molecular complexity index is 309. The van der Waals surface area contributed by atoms with Gasteiger partial charge in [-0.25, -0.2) is 0 Å². The molecule has 1 nitrogen and oxygen atoms in total. The summed E-state index contributed by atoms with van der Waals surface area (Å²) >= 11 is 0. The lowest BCUT2D eigenvalue weighted by atomic mass is 9.50. The van der Waals surface area contributed by atoms with E-state index >= 15 is 0 Å². The van der Waals surface area contributed by atoms with Crippen molar-refractivity contribution in [2.24, 2.45) is 17.3 Å². The fourth-order valence-corrected chi connectivity index (χ4v) is 5.11. The second-order valence-corrected chi connectivity index (χ2v) is 7.55. The topological polar surface area (TPSA) is 9.23 Å². The Morgan fingerprint density at radius 1 is 1.00 bits per heavy atom. The number of hydrogen-bond donors (Lipinski definition) is 0. The number of hydrogen-bond acceptors (Lipinski definition) is 1. The first kappa shape index (κ1) is 11.1. The molecular formula is C15H26O. The summed E-state index contributed by atoms with van der Waals surface area (Å²) in [6.45, 7) is 9.54. The highest BCUT2D eigenvalue weighted by Gasteiger charge is 2.59. The molecule has 0 spiro atoms. The summed E-state index contributed by atoms with van der Waals surface area (Å²) < 4.78 is 6.56. The molecule has 0 aromatic rings. The van der Waals surface area contributed by atoms with Crippen LogP contribution in [0.4, 0.5) is 0 Å². The highest BCUT2D eigenvalue weighted by Crippen LogP contribution is 2.62. The van der Waals surface area contributed by atoms with Gasteiger partial charge in [0, 0.05) is 0 Å². The van der Waals surface area contributed by atoms with Gasteiger partial charge in [0.2, 0.25) is 0 Å². The molecule has 3 rings (SSSR count). The maximum Gasteiger partial charge on any atom is 0.0695 e. The molecule has 1 aliphatic heterocycles. The Balaban J connectivity index is 2.00. The van der Waals surface area contributed by atoms with Gasteiger partial charge in [0.25, 0.3) is 0 Å². The quantitative estimate of drug-likeness (QED) is 0.598. The molecule has 92 valence electrons. The van der Waals surface area contributed by atoms with E-state index < -0.39 is 0 Å². The Morgan fingerprint density at radius 3 is 2.50 bits per heavy atom. The molecule has 2 saturated carbocycles. The van der Waals surface area contributed by atoms with E-state index in [0.717, 1.165) is 11.8 Å². The Morgan fingerprint density at radius 2 is 1.75 bits per heavy atom. The van der Waals surface area contributed by atoms with E-state index in [-0.39, 0.29) is 11.2 Å². The van der Waals surface area contributed by atoms with Crippen LogP contribution < -0.4 is 0 Å². The van der Waals surface area contributed by atoms with E-state index in [4.69, 9.17) is 4.74 Å².